The zero-order valence-electron chi connectivity index (χ0n) is 15.2. The van der Waals surface area contributed by atoms with Crippen LogP contribution in [0.1, 0.15) is 33.2 Å². The normalized spacial score (nSPS) is 16.5. The number of morpholine rings is 1. The second-order valence-corrected chi connectivity index (χ2v) is 6.60. The van der Waals surface area contributed by atoms with Gasteiger partial charge in [-0.15, -0.1) is 0 Å². The Balaban J connectivity index is 1.42. The summed E-state index contributed by atoms with van der Waals surface area (Å²) in [5.41, 5.74) is 3.06. The van der Waals surface area contributed by atoms with E-state index in [4.69, 9.17) is 10.00 Å². The Hall–Kier alpha value is -3.34. The molecule has 0 unspecified atom stereocenters. The van der Waals surface area contributed by atoms with Gasteiger partial charge in [-0.1, -0.05) is 24.3 Å². The lowest BCUT2D eigenvalue weighted by molar-refractivity contribution is 0.0277. The number of hydrogen-bond acceptors (Lipinski definition) is 6. The van der Waals surface area contributed by atoms with Crippen LogP contribution in [0.15, 0.2) is 55.0 Å². The van der Waals surface area contributed by atoms with Gasteiger partial charge >= 0.3 is 0 Å². The van der Waals surface area contributed by atoms with Crippen molar-refractivity contribution < 1.29 is 9.53 Å². The molecule has 2 aromatic heterocycles. The quantitative estimate of drug-likeness (QED) is 0.690. The monoisotopic (exact) mass is 373 g/mol. The molecule has 3 heterocycles. The predicted octanol–water partition coefficient (Wildman–Crippen LogP) is 2.23. The molecule has 1 aromatic carbocycles. The number of Topliss-reactive ketones (excluding diaryl/α,β-unsaturated/α-hetero) is 1. The van der Waals surface area contributed by atoms with E-state index in [0.29, 0.717) is 30.0 Å². The third kappa shape index (κ3) is 3.98. The summed E-state index contributed by atoms with van der Waals surface area (Å²) in [4.78, 5) is 16.8. The van der Waals surface area contributed by atoms with E-state index >= 15 is 0 Å². The number of aromatic nitrogens is 3. The summed E-state index contributed by atoms with van der Waals surface area (Å²) < 4.78 is 7.28. The van der Waals surface area contributed by atoms with E-state index < -0.39 is 0 Å². The van der Waals surface area contributed by atoms with Gasteiger partial charge < -0.3 is 10.1 Å². The molecule has 28 heavy (non-hydrogen) atoms. The van der Waals surface area contributed by atoms with Crippen LogP contribution in [0, 0.1) is 11.3 Å². The molecular weight excluding hydrogens is 354 g/mol. The van der Waals surface area contributed by atoms with Crippen molar-refractivity contribution in [1.82, 2.24) is 20.1 Å². The van der Waals surface area contributed by atoms with Crippen molar-refractivity contribution in [1.29, 1.82) is 5.26 Å². The van der Waals surface area contributed by atoms with Gasteiger partial charge in [-0.3, -0.25) is 4.79 Å². The average molecular weight is 373 g/mol. The minimum atomic E-state index is -0.0109. The van der Waals surface area contributed by atoms with Crippen molar-refractivity contribution in [2.75, 3.05) is 19.7 Å². The molecule has 0 aliphatic carbocycles. The molecule has 1 aliphatic rings. The fourth-order valence-corrected chi connectivity index (χ4v) is 3.10. The molecule has 3 aromatic rings. The fourth-order valence-electron chi connectivity index (χ4n) is 3.10. The molecular formula is C21H19N5O2. The van der Waals surface area contributed by atoms with Gasteiger partial charge in [-0.05, 0) is 23.3 Å². The average Bonchev–Trinajstić information content (AvgIpc) is 3.25. The predicted molar refractivity (Wildman–Crippen MR) is 102 cm³/mol. The van der Waals surface area contributed by atoms with Crippen molar-refractivity contribution >= 4 is 5.78 Å². The van der Waals surface area contributed by atoms with Crippen LogP contribution in [0.4, 0.5) is 0 Å². The molecule has 7 nitrogen and oxygen atoms in total. The van der Waals surface area contributed by atoms with Gasteiger partial charge in [0.1, 0.15) is 6.07 Å². The van der Waals surface area contributed by atoms with Gasteiger partial charge in [0.25, 0.3) is 0 Å². The lowest BCUT2D eigenvalue weighted by atomic mass is 10.0. The Bertz CT molecular complexity index is 997. The molecule has 140 valence electrons. The molecule has 0 bridgehead atoms. The molecule has 1 fully saturated rings. The molecule has 4 rings (SSSR count). The Kier molecular flexibility index (Phi) is 5.24. The van der Waals surface area contributed by atoms with Crippen molar-refractivity contribution in [2.24, 2.45) is 0 Å². The van der Waals surface area contributed by atoms with Crippen molar-refractivity contribution in [3.63, 3.8) is 0 Å². The van der Waals surface area contributed by atoms with E-state index in [1.165, 1.54) is 17.1 Å². The molecule has 0 saturated carbocycles. The van der Waals surface area contributed by atoms with Crippen LogP contribution in [0.5, 0.6) is 0 Å². The minimum absolute atomic E-state index is 0.0109. The number of carbonyl (C=O) groups excluding carboxylic acids is 1. The summed E-state index contributed by atoms with van der Waals surface area (Å²) in [6.45, 7) is 2.40. The van der Waals surface area contributed by atoms with E-state index in [9.17, 15) is 4.79 Å². The number of hydrogen-bond donors (Lipinski definition) is 1. The van der Waals surface area contributed by atoms with Gasteiger partial charge in [-0.2, -0.15) is 10.4 Å². The number of pyridine rings is 1. The van der Waals surface area contributed by atoms with Gasteiger partial charge in [-0.25, -0.2) is 9.67 Å². The zero-order valence-corrected chi connectivity index (χ0v) is 15.2. The van der Waals surface area contributed by atoms with Crippen LogP contribution in [0.2, 0.25) is 0 Å². The van der Waals surface area contributed by atoms with Crippen molar-refractivity contribution in [3.05, 3.63) is 77.2 Å². The second-order valence-electron chi connectivity index (χ2n) is 6.60. The largest absolute Gasteiger partial charge is 0.371 e. The molecule has 0 radical (unpaired) electrons. The summed E-state index contributed by atoms with van der Waals surface area (Å²) in [6.07, 6.45) is 5.05. The van der Waals surface area contributed by atoms with Crippen LogP contribution >= 0.6 is 0 Å². The number of rotatable bonds is 5. The first-order valence-corrected chi connectivity index (χ1v) is 9.08. The standard InChI is InChI=1S/C21H19N5O2/c22-10-16-3-6-21(24-11-16)26-14-18(12-25-26)19(27)9-15-1-4-17(5-2-15)20-13-23-7-8-28-20/h1-6,11-12,14,20,23H,7-9,13H2/t20-/m1/s1. The first-order valence-electron chi connectivity index (χ1n) is 9.08. The number of nitriles is 1. The highest BCUT2D eigenvalue weighted by atomic mass is 16.5. The fraction of sp³-hybridized carbons (Fsp3) is 0.238. The first kappa shape index (κ1) is 18.0. The first-order chi connectivity index (χ1) is 13.7. The number of ether oxygens (including phenoxy) is 1. The van der Waals surface area contributed by atoms with E-state index in [1.54, 1.807) is 18.3 Å². The van der Waals surface area contributed by atoms with Gasteiger partial charge in [0.15, 0.2) is 11.6 Å². The molecule has 1 N–H and O–H groups in total. The van der Waals surface area contributed by atoms with Crippen molar-refractivity contribution in [3.8, 4) is 11.9 Å². The lowest BCUT2D eigenvalue weighted by Crippen LogP contribution is -2.33. The Morgan fingerprint density at radius 2 is 2.11 bits per heavy atom. The van der Waals surface area contributed by atoms with Crippen LogP contribution in [-0.4, -0.2) is 40.2 Å². The van der Waals surface area contributed by atoms with Crippen molar-refractivity contribution in [2.45, 2.75) is 12.5 Å². The maximum Gasteiger partial charge on any atom is 0.170 e. The molecule has 1 saturated heterocycles. The highest BCUT2D eigenvalue weighted by molar-refractivity contribution is 5.97. The zero-order chi connectivity index (χ0) is 19.3. The summed E-state index contributed by atoms with van der Waals surface area (Å²) in [5, 5.41) is 16.4. The molecule has 1 atom stereocenters. The summed E-state index contributed by atoms with van der Waals surface area (Å²) in [7, 11) is 0. The van der Waals surface area contributed by atoms with Gasteiger partial charge in [0.2, 0.25) is 0 Å². The maximum absolute atomic E-state index is 12.6. The number of ketones is 1. The summed E-state index contributed by atoms with van der Waals surface area (Å²) in [6, 6.07) is 13.4. The Labute approximate surface area is 162 Å². The van der Waals surface area contributed by atoms with Crippen LogP contribution in [0.3, 0.4) is 0 Å². The number of nitrogens with one attached hydrogen (secondary N) is 1. The molecule has 0 amide bonds. The van der Waals surface area contributed by atoms with E-state index in [-0.39, 0.29) is 11.9 Å². The number of nitrogens with zero attached hydrogens (tertiary/aromatic N) is 4. The Morgan fingerprint density at radius 3 is 2.79 bits per heavy atom. The third-order valence-corrected chi connectivity index (χ3v) is 4.66. The van der Waals surface area contributed by atoms with Gasteiger partial charge in [0, 0.05) is 31.9 Å². The second kappa shape index (κ2) is 8.13. The summed E-state index contributed by atoms with van der Waals surface area (Å²) in [5.74, 6) is 0.548. The maximum atomic E-state index is 12.6. The Morgan fingerprint density at radius 1 is 1.25 bits per heavy atom. The summed E-state index contributed by atoms with van der Waals surface area (Å²) >= 11 is 0. The SMILES string of the molecule is N#Cc1ccc(-n2cc(C(=O)Cc3ccc([C@H]4CNCCO4)cc3)cn2)nc1. The van der Waals surface area contributed by atoms with E-state index in [2.05, 4.69) is 15.4 Å². The van der Waals surface area contributed by atoms with E-state index in [1.807, 2.05) is 30.3 Å². The lowest BCUT2D eigenvalue weighted by Gasteiger charge is -2.24. The van der Waals surface area contributed by atoms with Gasteiger partial charge in [0.05, 0.1) is 30.0 Å². The highest BCUT2D eigenvalue weighted by Gasteiger charge is 2.16. The van der Waals surface area contributed by atoms with Crippen LogP contribution < -0.4 is 5.32 Å². The number of benzene rings is 1. The molecule has 0 spiro atoms. The molecule has 7 heteroatoms. The number of carbonyl (C=O) groups is 1. The van der Waals surface area contributed by atoms with Crippen LogP contribution in [-0.2, 0) is 11.2 Å². The third-order valence-electron chi connectivity index (χ3n) is 4.66. The molecule has 1 aliphatic heterocycles. The highest BCUT2D eigenvalue weighted by Crippen LogP contribution is 2.20. The smallest absolute Gasteiger partial charge is 0.170 e. The topological polar surface area (TPSA) is 92.8 Å². The minimum Gasteiger partial charge on any atom is -0.371 e. The van der Waals surface area contributed by atoms with Crippen LogP contribution in [0.25, 0.3) is 5.82 Å². The van der Waals surface area contributed by atoms with E-state index in [0.717, 1.165) is 24.2 Å².